The number of ether oxygens (including phenoxy) is 1. The molecule has 50 heavy (non-hydrogen) atoms. The Kier molecular flexibility index (Phi) is 12.0. The first-order valence-electron chi connectivity index (χ1n) is 20.3. The second-order valence-electron chi connectivity index (χ2n) is 18.7. The number of hydrogen-bond acceptors (Lipinski definition) is 2. The quantitative estimate of drug-likeness (QED) is 0.0995. The van der Waals surface area contributed by atoms with E-state index in [-0.39, 0.29) is 22.9 Å². The van der Waals surface area contributed by atoms with Gasteiger partial charge in [-0.05, 0) is 141 Å². The largest absolute Gasteiger partial charge is 0.459 e. The highest BCUT2D eigenvalue weighted by molar-refractivity contribution is 5.83. The van der Waals surface area contributed by atoms with Gasteiger partial charge in [-0.3, -0.25) is 0 Å². The van der Waals surface area contributed by atoms with Crippen LogP contribution in [0.2, 0.25) is 0 Å². The lowest BCUT2D eigenvalue weighted by atomic mass is 9.50. The predicted molar refractivity (Wildman–Crippen MR) is 213 cm³/mol. The van der Waals surface area contributed by atoms with Crippen LogP contribution in [0, 0.1) is 51.8 Å². The van der Waals surface area contributed by atoms with Crippen LogP contribution >= 0.6 is 0 Å². The number of carbonyl (C=O) groups excluding carboxylic acids is 1. The molecule has 3 saturated carbocycles. The normalized spacial score (nSPS) is 34.5. The van der Waals surface area contributed by atoms with Crippen molar-refractivity contribution in [3.05, 3.63) is 94.2 Å². The molecule has 0 aromatic carbocycles. The Balaban J connectivity index is 1.18. The predicted octanol–water partition coefficient (Wildman–Crippen LogP) is 13.4. The fraction of sp³-hybridized carbons (Fsp3) is 0.646. The number of rotatable bonds is 10. The minimum absolute atomic E-state index is 0.0375. The SMILES string of the molecule is CC(C=C/C=C(C)/C=C/C1=C(C)CCCC1(C)C)=CC(=O)O[C@@H]1CC[C@@]2(C)C(=CC=C3[C@@H]4CC[C@H]([C@H](C)C=C[C@H](C)C(C)C)[C@@]4(C)CC[C@@H]32)C1. The summed E-state index contributed by atoms with van der Waals surface area (Å²) in [5.41, 5.74) is 9.21. The molecule has 0 aromatic rings. The molecule has 3 fully saturated rings. The zero-order chi connectivity index (χ0) is 36.4. The summed E-state index contributed by atoms with van der Waals surface area (Å²) in [4.78, 5) is 13.0. The lowest BCUT2D eigenvalue weighted by molar-refractivity contribution is -0.144. The standard InChI is InChI=1S/C48H70O2/c1-32(2)35(5)18-19-37(7)42-23-24-43-40-21-20-38-31-39(25-28-47(38,10)44(40)26-29-48(42,43)11)50-45(49)30-34(4)15-12-14-33(3)17-22-41-36(6)16-13-27-46(41,8)9/h12,14-15,17-22,30,32,35,37,39,42-44H,13,16,23-29,31H2,1-11H3/b15-12?,19-18?,22-17+,33-14+,34-30?/t35-,37+,39+,42+,43-,44-,47-,48+/m0/s1. The number of hydrogen-bond donors (Lipinski definition) is 0. The van der Waals surface area contributed by atoms with Crippen molar-refractivity contribution >= 4 is 5.97 Å². The molecule has 8 atom stereocenters. The molecule has 2 heteroatoms. The lowest BCUT2D eigenvalue weighted by Gasteiger charge is -2.55. The maximum Gasteiger partial charge on any atom is 0.331 e. The molecule has 0 aliphatic heterocycles. The van der Waals surface area contributed by atoms with Gasteiger partial charge in [0, 0.05) is 12.5 Å². The van der Waals surface area contributed by atoms with E-state index in [9.17, 15) is 4.79 Å². The van der Waals surface area contributed by atoms with Crippen LogP contribution in [0.4, 0.5) is 0 Å². The Morgan fingerprint density at radius 3 is 2.36 bits per heavy atom. The highest BCUT2D eigenvalue weighted by atomic mass is 16.5. The summed E-state index contributed by atoms with van der Waals surface area (Å²) in [6.45, 7) is 25.8. The van der Waals surface area contributed by atoms with Crippen LogP contribution in [0.1, 0.15) is 140 Å². The molecule has 0 amide bonds. The fourth-order valence-electron chi connectivity index (χ4n) is 10.7. The van der Waals surface area contributed by atoms with Crippen molar-refractivity contribution in [1.82, 2.24) is 0 Å². The van der Waals surface area contributed by atoms with Crippen molar-refractivity contribution in [1.29, 1.82) is 0 Å². The van der Waals surface area contributed by atoms with Gasteiger partial charge >= 0.3 is 5.97 Å². The Hall–Kier alpha value is -2.61. The highest BCUT2D eigenvalue weighted by Crippen LogP contribution is 2.66. The molecule has 0 heterocycles. The van der Waals surface area contributed by atoms with E-state index < -0.39 is 0 Å². The maximum absolute atomic E-state index is 13.0. The lowest BCUT2D eigenvalue weighted by Crippen LogP contribution is -2.46. The molecule has 274 valence electrons. The summed E-state index contributed by atoms with van der Waals surface area (Å²) >= 11 is 0. The molecule has 5 rings (SSSR count). The first kappa shape index (κ1) is 38.6. The van der Waals surface area contributed by atoms with Gasteiger partial charge in [-0.2, -0.15) is 0 Å². The van der Waals surface area contributed by atoms with Crippen LogP contribution in [-0.4, -0.2) is 12.1 Å². The topological polar surface area (TPSA) is 26.3 Å². The minimum atomic E-state index is -0.215. The van der Waals surface area contributed by atoms with Gasteiger partial charge in [-0.15, -0.1) is 0 Å². The van der Waals surface area contributed by atoms with Gasteiger partial charge in [0.1, 0.15) is 6.10 Å². The first-order valence-corrected chi connectivity index (χ1v) is 20.3. The monoisotopic (exact) mass is 679 g/mol. The molecule has 0 spiro atoms. The molecule has 0 unspecified atom stereocenters. The summed E-state index contributed by atoms with van der Waals surface area (Å²) in [5, 5.41) is 0. The van der Waals surface area contributed by atoms with Crippen LogP contribution in [0.3, 0.4) is 0 Å². The summed E-state index contributed by atoms with van der Waals surface area (Å²) in [6, 6.07) is 0. The molecule has 0 aromatic heterocycles. The average molecular weight is 679 g/mol. The van der Waals surface area contributed by atoms with Crippen LogP contribution in [0.15, 0.2) is 94.2 Å². The van der Waals surface area contributed by atoms with Gasteiger partial charge < -0.3 is 4.74 Å². The molecule has 0 radical (unpaired) electrons. The third-order valence-electron chi connectivity index (χ3n) is 14.4. The molecule has 5 aliphatic carbocycles. The third kappa shape index (κ3) is 8.21. The molecule has 0 N–H and O–H groups in total. The fourth-order valence-corrected chi connectivity index (χ4v) is 10.7. The maximum atomic E-state index is 13.0. The summed E-state index contributed by atoms with van der Waals surface area (Å²) in [7, 11) is 0. The Morgan fingerprint density at radius 1 is 0.880 bits per heavy atom. The van der Waals surface area contributed by atoms with Crippen molar-refractivity contribution in [2.45, 2.75) is 146 Å². The van der Waals surface area contributed by atoms with E-state index in [2.05, 4.69) is 112 Å². The molecule has 0 saturated heterocycles. The van der Waals surface area contributed by atoms with Crippen LogP contribution in [0.5, 0.6) is 0 Å². The number of carbonyl (C=O) groups is 1. The molecule has 2 nitrogen and oxygen atoms in total. The van der Waals surface area contributed by atoms with Crippen molar-refractivity contribution in [2.75, 3.05) is 0 Å². The van der Waals surface area contributed by atoms with Crippen molar-refractivity contribution in [3.8, 4) is 0 Å². The molecular formula is C48H70O2. The number of allylic oxidation sites excluding steroid dienone is 14. The van der Waals surface area contributed by atoms with E-state index >= 15 is 0 Å². The van der Waals surface area contributed by atoms with E-state index in [4.69, 9.17) is 4.74 Å². The van der Waals surface area contributed by atoms with Gasteiger partial charge in [0.15, 0.2) is 0 Å². The molecule has 0 bridgehead atoms. The first-order chi connectivity index (χ1) is 23.5. The number of fused-ring (bicyclic) bond motifs is 5. The van der Waals surface area contributed by atoms with Gasteiger partial charge in [-0.1, -0.05) is 132 Å². The van der Waals surface area contributed by atoms with Crippen molar-refractivity contribution in [3.63, 3.8) is 0 Å². The van der Waals surface area contributed by atoms with E-state index in [0.717, 1.165) is 30.8 Å². The zero-order valence-electron chi connectivity index (χ0n) is 33.7. The van der Waals surface area contributed by atoms with Gasteiger partial charge in [0.05, 0.1) is 0 Å². The molecule has 5 aliphatic rings. The smallest absolute Gasteiger partial charge is 0.331 e. The van der Waals surface area contributed by atoms with Gasteiger partial charge in [-0.25, -0.2) is 4.79 Å². The summed E-state index contributed by atoms with van der Waals surface area (Å²) in [6.07, 6.45) is 34.3. The zero-order valence-corrected chi connectivity index (χ0v) is 33.7. The second-order valence-corrected chi connectivity index (χ2v) is 18.7. The van der Waals surface area contributed by atoms with E-state index in [1.807, 2.05) is 19.1 Å². The van der Waals surface area contributed by atoms with Crippen LogP contribution in [-0.2, 0) is 9.53 Å². The van der Waals surface area contributed by atoms with Gasteiger partial charge in [0.2, 0.25) is 0 Å². The van der Waals surface area contributed by atoms with E-state index in [0.29, 0.717) is 35.0 Å². The average Bonchev–Trinajstić information content (AvgIpc) is 3.40. The van der Waals surface area contributed by atoms with E-state index in [1.54, 1.807) is 11.6 Å². The highest BCUT2D eigenvalue weighted by Gasteiger charge is 2.57. The summed E-state index contributed by atoms with van der Waals surface area (Å²) in [5.74, 6) is 3.86. The summed E-state index contributed by atoms with van der Waals surface area (Å²) < 4.78 is 6.09. The van der Waals surface area contributed by atoms with Crippen LogP contribution in [0.25, 0.3) is 0 Å². The van der Waals surface area contributed by atoms with Crippen molar-refractivity contribution in [2.24, 2.45) is 51.8 Å². The second kappa shape index (κ2) is 15.6. The van der Waals surface area contributed by atoms with Crippen molar-refractivity contribution < 1.29 is 9.53 Å². The minimum Gasteiger partial charge on any atom is -0.459 e. The third-order valence-corrected chi connectivity index (χ3v) is 14.4. The molecular weight excluding hydrogens is 609 g/mol. The number of esters is 1. The van der Waals surface area contributed by atoms with Gasteiger partial charge in [0.25, 0.3) is 0 Å². The Bertz CT molecular complexity index is 1520. The Labute approximate surface area is 307 Å². The van der Waals surface area contributed by atoms with E-state index in [1.165, 1.54) is 67.2 Å². The van der Waals surface area contributed by atoms with Crippen LogP contribution < -0.4 is 0 Å². The Morgan fingerprint density at radius 2 is 1.64 bits per heavy atom.